The first-order valence-corrected chi connectivity index (χ1v) is 10.4. The highest BCUT2D eigenvalue weighted by atomic mass is 16.5. The number of nitrogens with one attached hydrogen (secondary N) is 1. The van der Waals surface area contributed by atoms with Crippen LogP contribution in [0.3, 0.4) is 0 Å². The molecular formula is C20H33N5O3. The first-order chi connectivity index (χ1) is 13.7. The van der Waals surface area contributed by atoms with Crippen molar-refractivity contribution >= 4 is 11.8 Å². The normalized spacial score (nSPS) is 21.6. The second-order valence-electron chi connectivity index (χ2n) is 7.75. The molecule has 2 amide bonds. The number of carbonyl (C=O) groups excluding carboxylic acids is 2. The predicted octanol–water partition coefficient (Wildman–Crippen LogP) is 0.739. The molecule has 0 radical (unpaired) electrons. The quantitative estimate of drug-likeness (QED) is 0.661. The average Bonchev–Trinajstić information content (AvgIpc) is 3.26. The number of ether oxygens (including phenoxy) is 1. The largest absolute Gasteiger partial charge is 0.383 e. The maximum atomic E-state index is 12.5. The highest BCUT2D eigenvalue weighted by Crippen LogP contribution is 2.24. The van der Waals surface area contributed by atoms with Crippen LogP contribution >= 0.6 is 0 Å². The molecule has 1 atom stereocenters. The number of carbonyl (C=O) groups is 2. The molecule has 3 heterocycles. The Balaban J connectivity index is 1.40. The van der Waals surface area contributed by atoms with Gasteiger partial charge in [-0.15, -0.1) is 0 Å². The molecule has 0 aromatic carbocycles. The van der Waals surface area contributed by atoms with Crippen LogP contribution in [0, 0.1) is 5.92 Å². The molecule has 0 saturated carbocycles. The lowest BCUT2D eigenvalue weighted by atomic mass is 9.93. The molecule has 1 aromatic rings. The number of hydrogen-bond acceptors (Lipinski definition) is 5. The number of hydrogen-bond donors (Lipinski definition) is 1. The van der Waals surface area contributed by atoms with Crippen LogP contribution in [0.1, 0.15) is 32.1 Å². The van der Waals surface area contributed by atoms with E-state index in [4.69, 9.17) is 4.74 Å². The summed E-state index contributed by atoms with van der Waals surface area (Å²) in [6, 6.07) is 2.35. The minimum absolute atomic E-state index is 0.0688. The number of aromatic nitrogens is 2. The van der Waals surface area contributed by atoms with Gasteiger partial charge >= 0.3 is 0 Å². The Labute approximate surface area is 167 Å². The molecular weight excluding hydrogens is 358 g/mol. The second-order valence-corrected chi connectivity index (χ2v) is 7.75. The fraction of sp³-hybridized carbons (Fsp3) is 0.750. The van der Waals surface area contributed by atoms with Crippen molar-refractivity contribution < 1.29 is 14.3 Å². The van der Waals surface area contributed by atoms with E-state index in [0.717, 1.165) is 51.9 Å². The molecule has 0 aliphatic carbocycles. The van der Waals surface area contributed by atoms with Gasteiger partial charge in [0.15, 0.2) is 0 Å². The third-order valence-corrected chi connectivity index (χ3v) is 5.88. The standard InChI is InChI=1S/C20H33N5O3/c1-28-15-9-21-20(27)17-4-2-10-24(16-17)18-5-12-23(13-6-18)19(26)7-14-25-11-3-8-22-25/h3,8,11,17-18H,2,4-7,9-10,12-16H2,1H3,(H,21,27)/t17-/m0/s1. The molecule has 3 rings (SSSR count). The van der Waals surface area contributed by atoms with E-state index in [2.05, 4.69) is 15.3 Å². The lowest BCUT2D eigenvalue weighted by molar-refractivity contribution is -0.133. The molecule has 1 aromatic heterocycles. The SMILES string of the molecule is COCCNC(=O)[C@H]1CCCN(C2CCN(C(=O)CCn3cccn3)CC2)C1. The van der Waals surface area contributed by atoms with Gasteiger partial charge in [-0.1, -0.05) is 0 Å². The van der Waals surface area contributed by atoms with Crippen LogP contribution in [-0.4, -0.2) is 83.9 Å². The van der Waals surface area contributed by atoms with Crippen LogP contribution < -0.4 is 5.32 Å². The Kier molecular flexibility index (Phi) is 7.85. The summed E-state index contributed by atoms with van der Waals surface area (Å²) in [6.45, 7) is 5.27. The van der Waals surface area contributed by atoms with Crippen molar-refractivity contribution in [2.24, 2.45) is 5.92 Å². The number of methoxy groups -OCH3 is 1. The maximum Gasteiger partial charge on any atom is 0.224 e. The van der Waals surface area contributed by atoms with E-state index in [1.165, 1.54) is 0 Å². The zero-order chi connectivity index (χ0) is 19.8. The van der Waals surface area contributed by atoms with E-state index in [1.807, 2.05) is 17.2 Å². The summed E-state index contributed by atoms with van der Waals surface area (Å²) in [5.74, 6) is 0.426. The van der Waals surface area contributed by atoms with Crippen molar-refractivity contribution in [3.8, 4) is 0 Å². The third kappa shape index (κ3) is 5.78. The molecule has 0 bridgehead atoms. The average molecular weight is 392 g/mol. The molecule has 2 aliphatic heterocycles. The summed E-state index contributed by atoms with van der Waals surface area (Å²) in [4.78, 5) is 29.3. The van der Waals surface area contributed by atoms with Gasteiger partial charge in [-0.2, -0.15) is 5.10 Å². The number of piperidine rings is 2. The predicted molar refractivity (Wildman–Crippen MR) is 106 cm³/mol. The molecule has 2 saturated heterocycles. The molecule has 28 heavy (non-hydrogen) atoms. The van der Waals surface area contributed by atoms with Gasteiger partial charge in [-0.3, -0.25) is 19.2 Å². The summed E-state index contributed by atoms with van der Waals surface area (Å²) in [5.41, 5.74) is 0. The Bertz CT molecular complexity index is 613. The summed E-state index contributed by atoms with van der Waals surface area (Å²) in [7, 11) is 1.64. The molecule has 1 N–H and O–H groups in total. The maximum absolute atomic E-state index is 12.5. The minimum Gasteiger partial charge on any atom is -0.383 e. The van der Waals surface area contributed by atoms with Crippen LogP contribution in [0.15, 0.2) is 18.5 Å². The molecule has 2 fully saturated rings. The topological polar surface area (TPSA) is 79.7 Å². The van der Waals surface area contributed by atoms with E-state index in [0.29, 0.717) is 32.2 Å². The molecule has 2 aliphatic rings. The number of rotatable bonds is 8. The van der Waals surface area contributed by atoms with Gasteiger partial charge < -0.3 is 15.0 Å². The number of aryl methyl sites for hydroxylation is 1. The summed E-state index contributed by atoms with van der Waals surface area (Å²) < 4.78 is 6.80. The molecule has 0 spiro atoms. The fourth-order valence-electron chi connectivity index (χ4n) is 4.25. The van der Waals surface area contributed by atoms with Crippen LogP contribution in [0.2, 0.25) is 0 Å². The summed E-state index contributed by atoms with van der Waals surface area (Å²) in [5, 5.41) is 7.12. The van der Waals surface area contributed by atoms with Crippen LogP contribution in [0.5, 0.6) is 0 Å². The lowest BCUT2D eigenvalue weighted by Crippen LogP contribution is -2.51. The Hall–Kier alpha value is -1.93. The Morgan fingerprint density at radius 2 is 2.04 bits per heavy atom. The van der Waals surface area contributed by atoms with Gasteiger partial charge in [-0.05, 0) is 38.3 Å². The Morgan fingerprint density at radius 3 is 2.75 bits per heavy atom. The van der Waals surface area contributed by atoms with E-state index in [-0.39, 0.29) is 17.7 Å². The van der Waals surface area contributed by atoms with Crippen LogP contribution in [0.25, 0.3) is 0 Å². The van der Waals surface area contributed by atoms with E-state index < -0.39 is 0 Å². The van der Waals surface area contributed by atoms with Crippen molar-refractivity contribution in [2.75, 3.05) is 46.4 Å². The van der Waals surface area contributed by atoms with Crippen LogP contribution in [-0.2, 0) is 20.9 Å². The van der Waals surface area contributed by atoms with E-state index in [1.54, 1.807) is 18.0 Å². The van der Waals surface area contributed by atoms with Crippen LogP contribution in [0.4, 0.5) is 0 Å². The van der Waals surface area contributed by atoms with Gasteiger partial charge in [0, 0.05) is 64.7 Å². The van der Waals surface area contributed by atoms with Gasteiger partial charge in [0.05, 0.1) is 12.5 Å². The minimum atomic E-state index is 0.0688. The summed E-state index contributed by atoms with van der Waals surface area (Å²) in [6.07, 6.45) is 8.12. The highest BCUT2D eigenvalue weighted by molar-refractivity contribution is 5.79. The Morgan fingerprint density at radius 1 is 1.21 bits per heavy atom. The lowest BCUT2D eigenvalue weighted by Gasteiger charge is -2.42. The highest BCUT2D eigenvalue weighted by Gasteiger charge is 2.32. The fourth-order valence-corrected chi connectivity index (χ4v) is 4.25. The number of amides is 2. The zero-order valence-corrected chi connectivity index (χ0v) is 16.9. The van der Waals surface area contributed by atoms with E-state index >= 15 is 0 Å². The first-order valence-electron chi connectivity index (χ1n) is 10.4. The molecule has 156 valence electrons. The molecule has 8 heteroatoms. The van der Waals surface area contributed by atoms with Gasteiger partial charge in [0.25, 0.3) is 0 Å². The van der Waals surface area contributed by atoms with Gasteiger partial charge in [0.1, 0.15) is 0 Å². The zero-order valence-electron chi connectivity index (χ0n) is 16.9. The van der Waals surface area contributed by atoms with E-state index in [9.17, 15) is 9.59 Å². The second kappa shape index (κ2) is 10.6. The summed E-state index contributed by atoms with van der Waals surface area (Å²) >= 11 is 0. The van der Waals surface area contributed by atoms with Crippen molar-refractivity contribution in [1.29, 1.82) is 0 Å². The third-order valence-electron chi connectivity index (χ3n) is 5.88. The van der Waals surface area contributed by atoms with Crippen molar-refractivity contribution in [1.82, 2.24) is 24.9 Å². The van der Waals surface area contributed by atoms with Gasteiger partial charge in [-0.25, -0.2) is 0 Å². The monoisotopic (exact) mass is 391 g/mol. The van der Waals surface area contributed by atoms with Crippen molar-refractivity contribution in [2.45, 2.75) is 44.7 Å². The van der Waals surface area contributed by atoms with Gasteiger partial charge in [0.2, 0.25) is 11.8 Å². The number of nitrogens with zero attached hydrogens (tertiary/aromatic N) is 4. The van der Waals surface area contributed by atoms with Crippen molar-refractivity contribution in [3.63, 3.8) is 0 Å². The smallest absolute Gasteiger partial charge is 0.224 e. The van der Waals surface area contributed by atoms with Crippen molar-refractivity contribution in [3.05, 3.63) is 18.5 Å². The number of likely N-dealkylation sites (tertiary alicyclic amines) is 2. The first kappa shape index (κ1) is 20.8. The molecule has 0 unspecified atom stereocenters. The molecule has 8 nitrogen and oxygen atoms in total.